The first-order valence-corrected chi connectivity index (χ1v) is 7.12. The molecule has 0 amide bonds. The summed E-state index contributed by atoms with van der Waals surface area (Å²) >= 11 is 24.1. The highest BCUT2D eigenvalue weighted by Crippen LogP contribution is 2.29. The number of benzene rings is 2. The Morgan fingerprint density at radius 3 is 2.26 bits per heavy atom. The number of aryl methyl sites for hydroxylation is 1. The van der Waals surface area contributed by atoms with Crippen molar-refractivity contribution in [1.82, 2.24) is 0 Å². The smallest absolute Gasteiger partial charge is 0.0641 e. The third kappa shape index (κ3) is 3.70. The van der Waals surface area contributed by atoms with Gasteiger partial charge in [-0.05, 0) is 42.3 Å². The van der Waals surface area contributed by atoms with Crippen molar-refractivity contribution in [3.8, 4) is 0 Å². The zero-order valence-corrected chi connectivity index (χ0v) is 13.1. The molecule has 0 saturated carbocycles. The van der Waals surface area contributed by atoms with Gasteiger partial charge in [0, 0.05) is 11.6 Å². The van der Waals surface area contributed by atoms with E-state index in [0.717, 1.165) is 16.8 Å². The molecule has 1 nitrogen and oxygen atoms in total. The fourth-order valence-electron chi connectivity index (χ4n) is 1.63. The lowest BCUT2D eigenvalue weighted by molar-refractivity contribution is 1.15. The van der Waals surface area contributed by atoms with Gasteiger partial charge in [0.1, 0.15) is 0 Å². The Balaban J connectivity index is 2.14. The Bertz CT molecular complexity index is 611. The zero-order chi connectivity index (χ0) is 14.0. The lowest BCUT2D eigenvalue weighted by Gasteiger charge is -2.11. The van der Waals surface area contributed by atoms with E-state index < -0.39 is 0 Å². The van der Waals surface area contributed by atoms with Crippen LogP contribution in [0.25, 0.3) is 0 Å². The molecule has 0 atom stereocenters. The maximum absolute atomic E-state index is 6.16. The molecule has 0 bridgehead atoms. The van der Waals surface area contributed by atoms with Crippen molar-refractivity contribution in [2.75, 3.05) is 5.32 Å². The van der Waals surface area contributed by atoms with Gasteiger partial charge in [-0.1, -0.05) is 52.5 Å². The Morgan fingerprint density at radius 1 is 0.842 bits per heavy atom. The summed E-state index contributed by atoms with van der Waals surface area (Å²) in [5, 5.41) is 5.63. The van der Waals surface area contributed by atoms with E-state index in [2.05, 4.69) is 5.32 Å². The summed E-state index contributed by atoms with van der Waals surface area (Å²) in [6.07, 6.45) is 0. The number of rotatable bonds is 3. The van der Waals surface area contributed by atoms with Crippen molar-refractivity contribution in [3.05, 3.63) is 61.5 Å². The average molecular weight is 335 g/mol. The predicted octanol–water partition coefficient (Wildman–Crippen LogP) is 6.22. The van der Waals surface area contributed by atoms with E-state index >= 15 is 0 Å². The minimum absolute atomic E-state index is 0.536. The van der Waals surface area contributed by atoms with E-state index in [1.165, 1.54) is 0 Å². The van der Waals surface area contributed by atoms with Crippen molar-refractivity contribution in [3.63, 3.8) is 0 Å². The van der Waals surface area contributed by atoms with Crippen LogP contribution in [0.5, 0.6) is 0 Å². The van der Waals surface area contributed by atoms with Crippen molar-refractivity contribution in [2.45, 2.75) is 13.5 Å². The van der Waals surface area contributed by atoms with Crippen LogP contribution in [0.4, 0.5) is 5.69 Å². The van der Waals surface area contributed by atoms with Crippen LogP contribution in [0.1, 0.15) is 11.1 Å². The third-order valence-electron chi connectivity index (χ3n) is 2.72. The van der Waals surface area contributed by atoms with Crippen LogP contribution in [0.15, 0.2) is 30.3 Å². The minimum atomic E-state index is 0.536. The molecule has 0 aliphatic carbocycles. The molecule has 2 rings (SSSR count). The first kappa shape index (κ1) is 14.8. The van der Waals surface area contributed by atoms with Gasteiger partial charge < -0.3 is 5.32 Å². The molecule has 0 saturated heterocycles. The number of nitrogens with one attached hydrogen (secondary N) is 1. The van der Waals surface area contributed by atoms with Crippen LogP contribution in [-0.4, -0.2) is 0 Å². The Hall–Kier alpha value is -0.600. The highest BCUT2D eigenvalue weighted by molar-refractivity contribution is 6.42. The number of halogens is 4. The monoisotopic (exact) mass is 333 g/mol. The Labute approximate surface area is 132 Å². The molecule has 0 unspecified atom stereocenters. The van der Waals surface area contributed by atoms with E-state index in [1.807, 2.05) is 31.2 Å². The van der Waals surface area contributed by atoms with Gasteiger partial charge in [0.15, 0.2) is 0 Å². The van der Waals surface area contributed by atoms with E-state index in [4.69, 9.17) is 46.4 Å². The number of hydrogen-bond donors (Lipinski definition) is 1. The van der Waals surface area contributed by atoms with Crippen LogP contribution >= 0.6 is 46.4 Å². The Morgan fingerprint density at radius 2 is 1.58 bits per heavy atom. The Kier molecular flexibility index (Phi) is 4.86. The van der Waals surface area contributed by atoms with E-state index in [1.54, 1.807) is 6.07 Å². The first-order valence-electron chi connectivity index (χ1n) is 5.61. The maximum atomic E-state index is 6.16. The van der Waals surface area contributed by atoms with Gasteiger partial charge in [-0.3, -0.25) is 0 Å². The molecular formula is C14H11Cl4N. The second-order valence-corrected chi connectivity index (χ2v) is 5.81. The summed E-state index contributed by atoms with van der Waals surface area (Å²) in [6.45, 7) is 2.51. The molecule has 0 heterocycles. The van der Waals surface area contributed by atoms with Gasteiger partial charge in [-0.15, -0.1) is 0 Å². The molecule has 5 heteroatoms. The highest BCUT2D eigenvalue weighted by atomic mass is 35.5. The molecule has 2 aromatic rings. The third-order valence-corrected chi connectivity index (χ3v) is 4.17. The van der Waals surface area contributed by atoms with Gasteiger partial charge in [0.25, 0.3) is 0 Å². The van der Waals surface area contributed by atoms with Crippen molar-refractivity contribution >= 4 is 52.1 Å². The molecule has 19 heavy (non-hydrogen) atoms. The van der Waals surface area contributed by atoms with E-state index in [-0.39, 0.29) is 0 Å². The van der Waals surface area contributed by atoms with Crippen molar-refractivity contribution in [1.29, 1.82) is 0 Å². The lowest BCUT2D eigenvalue weighted by Crippen LogP contribution is -2.00. The summed E-state index contributed by atoms with van der Waals surface area (Å²) in [5.74, 6) is 0. The standard InChI is InChI=1S/C14H11Cl4N/c1-8-4-13(18)14(6-11(8)16)19-7-9-2-3-10(15)12(17)5-9/h2-6,19H,7H2,1H3. The topological polar surface area (TPSA) is 12.0 Å². The largest absolute Gasteiger partial charge is 0.380 e. The molecule has 0 fully saturated rings. The van der Waals surface area contributed by atoms with Gasteiger partial charge in [0.05, 0.1) is 20.8 Å². The lowest BCUT2D eigenvalue weighted by atomic mass is 10.2. The molecular weight excluding hydrogens is 324 g/mol. The highest BCUT2D eigenvalue weighted by Gasteiger charge is 2.05. The molecule has 100 valence electrons. The first-order chi connectivity index (χ1) is 8.97. The number of hydrogen-bond acceptors (Lipinski definition) is 1. The molecule has 1 N–H and O–H groups in total. The SMILES string of the molecule is Cc1cc(Cl)c(NCc2ccc(Cl)c(Cl)c2)cc1Cl. The fraction of sp³-hybridized carbons (Fsp3) is 0.143. The fourth-order valence-corrected chi connectivity index (χ4v) is 2.40. The second-order valence-electron chi connectivity index (χ2n) is 4.18. The van der Waals surface area contributed by atoms with Crippen LogP contribution in [0, 0.1) is 6.92 Å². The summed E-state index contributed by atoms with van der Waals surface area (Å²) in [4.78, 5) is 0. The summed E-state index contributed by atoms with van der Waals surface area (Å²) in [7, 11) is 0. The van der Waals surface area contributed by atoms with Crippen molar-refractivity contribution < 1.29 is 0 Å². The van der Waals surface area contributed by atoms with Gasteiger partial charge >= 0.3 is 0 Å². The number of anilines is 1. The van der Waals surface area contributed by atoms with Gasteiger partial charge in [0.2, 0.25) is 0 Å². The molecule has 0 radical (unpaired) electrons. The van der Waals surface area contributed by atoms with Gasteiger partial charge in [-0.25, -0.2) is 0 Å². The maximum Gasteiger partial charge on any atom is 0.0641 e. The quantitative estimate of drug-likeness (QED) is 0.702. The normalized spacial score (nSPS) is 10.6. The second kappa shape index (κ2) is 6.23. The molecule has 0 spiro atoms. The minimum Gasteiger partial charge on any atom is -0.380 e. The van der Waals surface area contributed by atoms with Crippen LogP contribution in [0.2, 0.25) is 20.1 Å². The van der Waals surface area contributed by atoms with Gasteiger partial charge in [-0.2, -0.15) is 0 Å². The van der Waals surface area contributed by atoms with E-state index in [9.17, 15) is 0 Å². The van der Waals surface area contributed by atoms with Crippen LogP contribution in [0.3, 0.4) is 0 Å². The summed E-state index contributed by atoms with van der Waals surface area (Å²) < 4.78 is 0. The average Bonchev–Trinajstić information content (AvgIpc) is 2.36. The van der Waals surface area contributed by atoms with Crippen LogP contribution < -0.4 is 5.32 Å². The van der Waals surface area contributed by atoms with Crippen molar-refractivity contribution in [2.24, 2.45) is 0 Å². The molecule has 0 aliphatic rings. The summed E-state index contributed by atoms with van der Waals surface area (Å²) in [5.41, 5.74) is 2.76. The molecule has 0 aliphatic heterocycles. The molecule has 0 aromatic heterocycles. The van der Waals surface area contributed by atoms with Crippen LogP contribution in [-0.2, 0) is 6.54 Å². The van der Waals surface area contributed by atoms with E-state index in [0.29, 0.717) is 26.6 Å². The summed E-state index contributed by atoms with van der Waals surface area (Å²) in [6, 6.07) is 9.15. The predicted molar refractivity (Wildman–Crippen MR) is 85.0 cm³/mol. The zero-order valence-electron chi connectivity index (χ0n) is 10.1. The molecule has 2 aromatic carbocycles.